The van der Waals surface area contributed by atoms with Gasteiger partial charge in [-0.3, -0.25) is 4.79 Å². The maximum Gasteiger partial charge on any atom is 0.326 e. The maximum atomic E-state index is 12.7. The summed E-state index contributed by atoms with van der Waals surface area (Å²) < 4.78 is 30.7. The molecule has 0 saturated carbocycles. The lowest BCUT2D eigenvalue weighted by Gasteiger charge is -2.36. The van der Waals surface area contributed by atoms with Crippen molar-refractivity contribution in [3.05, 3.63) is 24.3 Å². The van der Waals surface area contributed by atoms with Gasteiger partial charge in [0.05, 0.1) is 10.6 Å². The summed E-state index contributed by atoms with van der Waals surface area (Å²) in [5.74, 6) is 4.10. The molecule has 7 nitrogen and oxygen atoms in total. The minimum absolute atomic E-state index is 0.130. The fourth-order valence-corrected chi connectivity index (χ4v) is 4.81. The van der Waals surface area contributed by atoms with Crippen LogP contribution >= 0.6 is 0 Å². The molecule has 0 spiro atoms. The first-order chi connectivity index (χ1) is 12.7. The number of benzene rings is 1. The summed E-state index contributed by atoms with van der Waals surface area (Å²) in [5.41, 5.74) is 0. The van der Waals surface area contributed by atoms with Crippen LogP contribution in [-0.4, -0.2) is 55.2 Å². The first-order valence-electron chi connectivity index (χ1n) is 8.60. The van der Waals surface area contributed by atoms with Gasteiger partial charge in [-0.05, 0) is 49.9 Å². The number of aliphatic carboxylic acids is 1. The smallest absolute Gasteiger partial charge is 0.326 e. The molecule has 2 rings (SSSR count). The Labute approximate surface area is 159 Å². The van der Waals surface area contributed by atoms with Gasteiger partial charge in [-0.2, -0.15) is 0 Å². The summed E-state index contributed by atoms with van der Waals surface area (Å²) in [7, 11) is -3.57. The number of hydrogen-bond acceptors (Lipinski definition) is 5. The zero-order valence-corrected chi connectivity index (χ0v) is 16.2. The third-order valence-electron chi connectivity index (χ3n) is 4.53. The quantitative estimate of drug-likeness (QED) is 0.737. The monoisotopic (exact) mass is 393 g/mol. The molecule has 146 valence electrons. The van der Waals surface area contributed by atoms with Crippen molar-refractivity contribution in [3.63, 3.8) is 0 Å². The largest absolute Gasteiger partial charge is 0.481 e. The van der Waals surface area contributed by atoms with E-state index in [4.69, 9.17) is 4.74 Å². The van der Waals surface area contributed by atoms with E-state index in [0.29, 0.717) is 12.2 Å². The van der Waals surface area contributed by atoms with Gasteiger partial charge in [0.2, 0.25) is 5.91 Å². The van der Waals surface area contributed by atoms with Crippen molar-refractivity contribution in [2.45, 2.75) is 37.6 Å². The van der Waals surface area contributed by atoms with Crippen LogP contribution in [0.25, 0.3) is 0 Å². The highest BCUT2D eigenvalue weighted by atomic mass is 32.2. The Bertz CT molecular complexity index is 850. The number of nitrogens with zero attached hydrogens (tertiary/aromatic N) is 1. The normalized spacial score (nSPS) is 19.7. The van der Waals surface area contributed by atoms with Gasteiger partial charge in [0.15, 0.2) is 9.84 Å². The second-order valence-electron chi connectivity index (χ2n) is 6.43. The van der Waals surface area contributed by atoms with E-state index < -0.39 is 21.8 Å². The summed E-state index contributed by atoms with van der Waals surface area (Å²) in [6.45, 7) is 3.50. The van der Waals surface area contributed by atoms with Crippen molar-refractivity contribution in [2.75, 3.05) is 18.9 Å². The van der Waals surface area contributed by atoms with E-state index in [0.717, 1.165) is 0 Å². The zero-order valence-electron chi connectivity index (χ0n) is 15.3. The molecule has 0 aromatic heterocycles. The Morgan fingerprint density at radius 2 is 1.96 bits per heavy atom. The number of ether oxygens (including phenoxy) is 1. The molecule has 8 heteroatoms. The Hall–Kier alpha value is -2.53. The molecule has 0 bridgehead atoms. The van der Waals surface area contributed by atoms with Gasteiger partial charge in [0.1, 0.15) is 18.4 Å². The van der Waals surface area contributed by atoms with Gasteiger partial charge in [0, 0.05) is 13.5 Å². The van der Waals surface area contributed by atoms with Crippen molar-refractivity contribution in [3.8, 4) is 17.6 Å². The summed E-state index contributed by atoms with van der Waals surface area (Å²) in [4.78, 5) is 24.5. The van der Waals surface area contributed by atoms with Crippen LogP contribution in [0.15, 0.2) is 29.2 Å². The fourth-order valence-electron chi connectivity index (χ4n) is 3.14. The SMILES string of the molecule is CC#CCOc1ccc(S(=O)(=O)CC2CCN(C(C)=O)C(C(=O)O)C2)cc1. The van der Waals surface area contributed by atoms with Gasteiger partial charge in [-0.25, -0.2) is 13.2 Å². The number of likely N-dealkylation sites (tertiary alicyclic amines) is 1. The summed E-state index contributed by atoms with van der Waals surface area (Å²) in [5, 5.41) is 9.34. The highest BCUT2D eigenvalue weighted by molar-refractivity contribution is 7.91. The molecule has 1 fully saturated rings. The van der Waals surface area contributed by atoms with Gasteiger partial charge in [-0.1, -0.05) is 5.92 Å². The number of carbonyl (C=O) groups excluding carboxylic acids is 1. The number of carboxylic acids is 1. The van der Waals surface area contributed by atoms with Crippen molar-refractivity contribution >= 4 is 21.7 Å². The molecule has 1 saturated heterocycles. The van der Waals surface area contributed by atoms with Gasteiger partial charge in [0.25, 0.3) is 0 Å². The van der Waals surface area contributed by atoms with Crippen molar-refractivity contribution in [2.24, 2.45) is 5.92 Å². The predicted molar refractivity (Wildman–Crippen MR) is 99.0 cm³/mol. The molecular formula is C19H23NO6S. The number of carbonyl (C=O) groups is 2. The highest BCUT2D eigenvalue weighted by Gasteiger charge is 2.36. The summed E-state index contributed by atoms with van der Waals surface area (Å²) in [6.07, 6.45) is 0.588. The van der Waals surface area contributed by atoms with Crippen LogP contribution in [-0.2, 0) is 19.4 Å². The lowest BCUT2D eigenvalue weighted by atomic mass is 9.92. The lowest BCUT2D eigenvalue weighted by molar-refractivity contribution is -0.152. The number of hydrogen-bond donors (Lipinski definition) is 1. The molecule has 1 aliphatic rings. The molecule has 2 atom stereocenters. The second kappa shape index (κ2) is 8.91. The van der Waals surface area contributed by atoms with E-state index in [1.54, 1.807) is 19.1 Å². The standard InChI is InChI=1S/C19H23NO6S/c1-3-4-11-26-16-5-7-17(8-6-16)27(24,25)13-15-9-10-20(14(2)21)18(12-15)19(22)23/h5-8,15,18H,9-13H2,1-2H3,(H,22,23). The van der Waals surface area contributed by atoms with E-state index in [1.165, 1.54) is 24.0 Å². The third kappa shape index (κ3) is 5.47. The zero-order chi connectivity index (χ0) is 20.0. The minimum Gasteiger partial charge on any atom is -0.481 e. The highest BCUT2D eigenvalue weighted by Crippen LogP contribution is 2.27. The van der Waals surface area contributed by atoms with Crippen LogP contribution in [0.2, 0.25) is 0 Å². The Kier molecular flexibility index (Phi) is 6.86. The Balaban J connectivity index is 2.06. The third-order valence-corrected chi connectivity index (χ3v) is 6.43. The van der Waals surface area contributed by atoms with Crippen molar-refractivity contribution in [1.82, 2.24) is 4.90 Å². The summed E-state index contributed by atoms with van der Waals surface area (Å²) in [6, 6.07) is 5.12. The first-order valence-corrected chi connectivity index (χ1v) is 10.2. The van der Waals surface area contributed by atoms with E-state index in [9.17, 15) is 23.1 Å². The summed E-state index contributed by atoms with van der Waals surface area (Å²) >= 11 is 0. The minimum atomic E-state index is -3.57. The molecular weight excluding hydrogens is 370 g/mol. The Morgan fingerprint density at radius 3 is 2.52 bits per heavy atom. The van der Waals surface area contributed by atoms with E-state index in [1.807, 2.05) is 0 Å². The van der Waals surface area contributed by atoms with Gasteiger partial charge in [-0.15, -0.1) is 5.92 Å². The molecule has 0 radical (unpaired) electrons. The molecule has 1 aliphatic heterocycles. The molecule has 2 unspecified atom stereocenters. The average molecular weight is 393 g/mol. The molecule has 1 N–H and O–H groups in total. The number of sulfone groups is 1. The molecule has 27 heavy (non-hydrogen) atoms. The van der Waals surface area contributed by atoms with Crippen molar-refractivity contribution in [1.29, 1.82) is 0 Å². The molecule has 0 aliphatic carbocycles. The van der Waals surface area contributed by atoms with Crippen molar-refractivity contribution < 1.29 is 27.9 Å². The van der Waals surface area contributed by atoms with Crippen LogP contribution in [0.5, 0.6) is 5.75 Å². The van der Waals surface area contributed by atoms with Crippen LogP contribution in [0, 0.1) is 17.8 Å². The average Bonchev–Trinajstić information content (AvgIpc) is 2.61. The van der Waals surface area contributed by atoms with E-state index >= 15 is 0 Å². The maximum absolute atomic E-state index is 12.7. The molecule has 1 aromatic rings. The fraction of sp³-hybridized carbons (Fsp3) is 0.474. The topological polar surface area (TPSA) is 101 Å². The van der Waals surface area contributed by atoms with Crippen LogP contribution in [0.4, 0.5) is 0 Å². The molecule has 1 heterocycles. The number of piperidine rings is 1. The van der Waals surface area contributed by atoms with E-state index in [-0.39, 0.29) is 42.0 Å². The van der Waals surface area contributed by atoms with Crippen LogP contribution < -0.4 is 4.74 Å². The molecule has 1 amide bonds. The second-order valence-corrected chi connectivity index (χ2v) is 8.46. The first kappa shape index (κ1) is 20.8. The predicted octanol–water partition coefficient (Wildman–Crippen LogP) is 1.57. The van der Waals surface area contributed by atoms with Crippen LogP contribution in [0.1, 0.15) is 26.7 Å². The number of carboxylic acid groups (broad SMARTS) is 1. The number of amides is 1. The van der Waals surface area contributed by atoms with Gasteiger partial charge < -0.3 is 14.7 Å². The lowest BCUT2D eigenvalue weighted by Crippen LogP contribution is -2.50. The number of rotatable bonds is 6. The Morgan fingerprint density at radius 1 is 1.30 bits per heavy atom. The molecule has 1 aromatic carbocycles. The van der Waals surface area contributed by atoms with E-state index in [2.05, 4.69) is 11.8 Å². The van der Waals surface area contributed by atoms with Gasteiger partial charge >= 0.3 is 5.97 Å². The van der Waals surface area contributed by atoms with Crippen LogP contribution in [0.3, 0.4) is 0 Å².